The number of rotatable bonds is 6. The summed E-state index contributed by atoms with van der Waals surface area (Å²) in [5, 5.41) is 12.6. The Bertz CT molecular complexity index is 943. The molecule has 5 rings (SSSR count). The fraction of sp³-hybridized carbons (Fsp3) is 0.522. The summed E-state index contributed by atoms with van der Waals surface area (Å²) in [7, 11) is 0. The van der Waals surface area contributed by atoms with E-state index in [1.54, 1.807) is 11.2 Å². The number of halogens is 1. The minimum Gasteiger partial charge on any atom is -0.467 e. The fourth-order valence-electron chi connectivity index (χ4n) is 5.40. The molecule has 0 spiro atoms. The van der Waals surface area contributed by atoms with E-state index in [0.717, 1.165) is 49.4 Å². The van der Waals surface area contributed by atoms with Crippen molar-refractivity contribution in [2.24, 2.45) is 0 Å². The molecular weight excluding hydrogens is 395 g/mol. The second-order valence-electron chi connectivity index (χ2n) is 8.91. The van der Waals surface area contributed by atoms with Crippen LogP contribution in [0.4, 0.5) is 4.39 Å². The molecule has 1 saturated carbocycles. The van der Waals surface area contributed by atoms with Gasteiger partial charge >= 0.3 is 0 Å². The largest absolute Gasteiger partial charge is 0.467 e. The van der Waals surface area contributed by atoms with Gasteiger partial charge in [-0.05, 0) is 72.5 Å². The predicted molar refractivity (Wildman–Crippen MR) is 112 cm³/mol. The van der Waals surface area contributed by atoms with Gasteiger partial charge in [-0.2, -0.15) is 0 Å². The first-order valence-corrected chi connectivity index (χ1v) is 11.5. The van der Waals surface area contributed by atoms with E-state index >= 15 is 0 Å². The van der Waals surface area contributed by atoms with Crippen LogP contribution in [-0.2, 0) is 6.54 Å². The minimum absolute atomic E-state index is 0.0292. The SMILES string of the molecule is Fc1ccc([C@H](c2nnnn2Cc2ccco2)[NH+]2CC[NH+](C3CCCCC3)CC2)cc1. The zero-order valence-electron chi connectivity index (χ0n) is 17.8. The van der Waals surface area contributed by atoms with E-state index in [-0.39, 0.29) is 11.9 Å². The second kappa shape index (κ2) is 9.28. The van der Waals surface area contributed by atoms with Crippen molar-refractivity contribution >= 4 is 0 Å². The molecule has 31 heavy (non-hydrogen) atoms. The number of hydrogen-bond donors (Lipinski definition) is 2. The molecule has 8 heteroatoms. The van der Waals surface area contributed by atoms with Gasteiger partial charge in [0.15, 0.2) is 6.04 Å². The van der Waals surface area contributed by atoms with Gasteiger partial charge in [0, 0.05) is 5.56 Å². The summed E-state index contributed by atoms with van der Waals surface area (Å²) in [6.07, 6.45) is 8.55. The predicted octanol–water partition coefficient (Wildman–Crippen LogP) is 0.659. The molecule has 0 amide bonds. The molecule has 1 aliphatic carbocycles. The van der Waals surface area contributed by atoms with Crippen molar-refractivity contribution in [2.75, 3.05) is 26.2 Å². The highest BCUT2D eigenvalue weighted by Crippen LogP contribution is 2.19. The van der Waals surface area contributed by atoms with Crippen molar-refractivity contribution in [3.05, 3.63) is 65.6 Å². The Morgan fingerprint density at radius 2 is 1.81 bits per heavy atom. The van der Waals surface area contributed by atoms with Gasteiger partial charge in [0.25, 0.3) is 0 Å². The number of nitrogens with zero attached hydrogens (tertiary/aromatic N) is 4. The molecule has 0 unspecified atom stereocenters. The lowest BCUT2D eigenvalue weighted by molar-refractivity contribution is -1.03. The topological polar surface area (TPSA) is 65.6 Å². The van der Waals surface area contributed by atoms with Crippen LogP contribution in [0, 0.1) is 5.82 Å². The summed E-state index contributed by atoms with van der Waals surface area (Å²) in [6, 6.07) is 11.4. The molecular formula is C23H31FN6O+2. The Balaban J connectivity index is 1.39. The number of benzene rings is 1. The van der Waals surface area contributed by atoms with Crippen molar-refractivity contribution in [1.82, 2.24) is 20.2 Å². The Labute approximate surface area is 181 Å². The molecule has 2 N–H and O–H groups in total. The molecule has 7 nitrogen and oxygen atoms in total. The number of hydrogen-bond acceptors (Lipinski definition) is 4. The number of tetrazole rings is 1. The van der Waals surface area contributed by atoms with Gasteiger partial charge in [0.1, 0.15) is 44.3 Å². The quantitative estimate of drug-likeness (QED) is 0.608. The van der Waals surface area contributed by atoms with E-state index in [9.17, 15) is 4.39 Å². The maximum absolute atomic E-state index is 13.7. The molecule has 1 aromatic carbocycles. The van der Waals surface area contributed by atoms with E-state index in [0.29, 0.717) is 6.54 Å². The summed E-state index contributed by atoms with van der Waals surface area (Å²) >= 11 is 0. The highest BCUT2D eigenvalue weighted by molar-refractivity contribution is 5.23. The Morgan fingerprint density at radius 1 is 1.03 bits per heavy atom. The smallest absolute Gasteiger partial charge is 0.214 e. The molecule has 3 aromatic rings. The number of piperazine rings is 1. The Kier molecular flexibility index (Phi) is 6.08. The maximum Gasteiger partial charge on any atom is 0.214 e. The van der Waals surface area contributed by atoms with E-state index in [4.69, 9.17) is 4.42 Å². The van der Waals surface area contributed by atoms with Crippen LogP contribution >= 0.6 is 0 Å². The average Bonchev–Trinajstić information content (AvgIpc) is 3.49. The molecule has 3 heterocycles. The first-order valence-electron chi connectivity index (χ1n) is 11.5. The third kappa shape index (κ3) is 4.55. The van der Waals surface area contributed by atoms with Crippen LogP contribution in [0.1, 0.15) is 55.3 Å². The summed E-state index contributed by atoms with van der Waals surface area (Å²) in [4.78, 5) is 3.21. The second-order valence-corrected chi connectivity index (χ2v) is 8.91. The van der Waals surface area contributed by atoms with Gasteiger partial charge < -0.3 is 14.2 Å². The standard InChI is InChI=1S/C23H29FN6O/c24-19-10-8-18(9-11-19)22(23-25-26-27-30(23)17-21-7-4-16-31-21)29-14-12-28(13-15-29)20-5-2-1-3-6-20/h4,7-11,16,20,22H,1-3,5-6,12-15,17H2/p+2/t22-/m1/s1. The molecule has 1 aliphatic heterocycles. The zero-order chi connectivity index (χ0) is 21.0. The van der Waals surface area contributed by atoms with Crippen LogP contribution in [0.3, 0.4) is 0 Å². The van der Waals surface area contributed by atoms with Crippen LogP contribution in [0.15, 0.2) is 47.1 Å². The van der Waals surface area contributed by atoms with Gasteiger partial charge in [-0.15, -0.1) is 5.10 Å². The first-order chi connectivity index (χ1) is 15.3. The van der Waals surface area contributed by atoms with Crippen LogP contribution in [0.2, 0.25) is 0 Å². The molecule has 2 aromatic heterocycles. The normalized spacial score (nSPS) is 23.6. The van der Waals surface area contributed by atoms with Gasteiger partial charge in [-0.3, -0.25) is 0 Å². The lowest BCUT2D eigenvalue weighted by Crippen LogP contribution is -3.29. The van der Waals surface area contributed by atoms with Gasteiger partial charge in [0.2, 0.25) is 5.82 Å². The molecule has 2 fully saturated rings. The third-order valence-corrected chi connectivity index (χ3v) is 7.03. The van der Waals surface area contributed by atoms with Crippen LogP contribution in [0.5, 0.6) is 0 Å². The van der Waals surface area contributed by atoms with E-state index in [1.165, 1.54) is 49.1 Å². The van der Waals surface area contributed by atoms with Crippen molar-refractivity contribution in [3.63, 3.8) is 0 Å². The average molecular weight is 427 g/mol. The van der Waals surface area contributed by atoms with Crippen LogP contribution in [-0.4, -0.2) is 52.4 Å². The lowest BCUT2D eigenvalue weighted by Gasteiger charge is -2.38. The third-order valence-electron chi connectivity index (χ3n) is 7.03. The van der Waals surface area contributed by atoms with E-state index in [1.807, 2.05) is 28.9 Å². The number of aromatic nitrogens is 4. The van der Waals surface area contributed by atoms with Crippen molar-refractivity contribution < 1.29 is 18.6 Å². The summed E-state index contributed by atoms with van der Waals surface area (Å²) in [6.45, 7) is 4.93. The first kappa shape index (κ1) is 20.3. The van der Waals surface area contributed by atoms with E-state index < -0.39 is 0 Å². The van der Waals surface area contributed by atoms with Crippen molar-refractivity contribution in [3.8, 4) is 0 Å². The maximum atomic E-state index is 13.7. The van der Waals surface area contributed by atoms with Crippen molar-refractivity contribution in [2.45, 2.75) is 50.7 Å². The molecule has 164 valence electrons. The number of nitrogens with one attached hydrogen (secondary N) is 2. The molecule has 0 radical (unpaired) electrons. The van der Waals surface area contributed by atoms with E-state index in [2.05, 4.69) is 15.5 Å². The van der Waals surface area contributed by atoms with Gasteiger partial charge in [-0.25, -0.2) is 9.07 Å². The minimum atomic E-state index is -0.223. The monoisotopic (exact) mass is 426 g/mol. The summed E-state index contributed by atoms with van der Waals surface area (Å²) < 4.78 is 21.0. The molecule has 0 bridgehead atoms. The highest BCUT2D eigenvalue weighted by Gasteiger charge is 2.37. The highest BCUT2D eigenvalue weighted by atomic mass is 19.1. The van der Waals surface area contributed by atoms with Crippen molar-refractivity contribution in [1.29, 1.82) is 0 Å². The van der Waals surface area contributed by atoms with Gasteiger partial charge in [0.05, 0.1) is 12.3 Å². The fourth-order valence-corrected chi connectivity index (χ4v) is 5.40. The van der Waals surface area contributed by atoms with Crippen LogP contribution in [0.25, 0.3) is 0 Å². The lowest BCUT2D eigenvalue weighted by atomic mass is 9.93. The summed E-state index contributed by atoms with van der Waals surface area (Å²) in [5.74, 6) is 1.39. The van der Waals surface area contributed by atoms with Crippen LogP contribution < -0.4 is 9.80 Å². The summed E-state index contributed by atoms with van der Waals surface area (Å²) in [5.41, 5.74) is 1.05. The zero-order valence-corrected chi connectivity index (χ0v) is 17.8. The molecule has 1 atom stereocenters. The van der Waals surface area contributed by atoms with Gasteiger partial charge in [-0.1, -0.05) is 6.42 Å². The Hall–Kier alpha value is -2.58. The number of quaternary nitrogens is 2. The Morgan fingerprint density at radius 3 is 2.52 bits per heavy atom. The molecule has 2 aliphatic rings. The molecule has 1 saturated heterocycles. The number of furan rings is 1.